The molecular weight excluding hydrogens is 389 g/mol. The molecule has 1 aromatic carbocycles. The smallest absolute Gasteiger partial charge is 0.224 e. The van der Waals surface area contributed by atoms with Crippen LogP contribution in [-0.2, 0) is 14.3 Å². The van der Waals surface area contributed by atoms with Gasteiger partial charge in [-0.25, -0.2) is 4.39 Å². The normalized spacial score (nSPS) is 14.7. The van der Waals surface area contributed by atoms with Gasteiger partial charge < -0.3 is 29.9 Å². The maximum absolute atomic E-state index is 13.1. The van der Waals surface area contributed by atoms with Crippen molar-refractivity contribution < 1.29 is 18.7 Å². The van der Waals surface area contributed by atoms with Crippen LogP contribution in [0.1, 0.15) is 12.8 Å². The Bertz CT molecular complexity index is 649. The van der Waals surface area contributed by atoms with Crippen LogP contribution in [0.25, 0.3) is 0 Å². The summed E-state index contributed by atoms with van der Waals surface area (Å²) in [6.45, 7) is 5.98. The highest BCUT2D eigenvalue weighted by atomic mass is 19.1. The number of nitrogens with one attached hydrogen (secondary N) is 2. The molecule has 1 amide bonds. The van der Waals surface area contributed by atoms with Crippen molar-refractivity contribution in [3.8, 4) is 0 Å². The molecule has 0 saturated carbocycles. The lowest BCUT2D eigenvalue weighted by molar-refractivity contribution is -0.131. The number of ether oxygens (including phenoxy) is 2. The number of guanidine groups is 1. The first-order valence-electron chi connectivity index (χ1n) is 10.4. The highest BCUT2D eigenvalue weighted by Crippen LogP contribution is 2.17. The Hall–Kier alpha value is -2.39. The molecular formula is C21H34FN5O3. The van der Waals surface area contributed by atoms with Crippen LogP contribution in [0.5, 0.6) is 0 Å². The van der Waals surface area contributed by atoms with Crippen LogP contribution in [-0.4, -0.2) is 90.0 Å². The van der Waals surface area contributed by atoms with E-state index in [2.05, 4.69) is 20.5 Å². The third-order valence-corrected chi connectivity index (χ3v) is 4.87. The van der Waals surface area contributed by atoms with Gasteiger partial charge in [-0.05, 0) is 30.7 Å². The summed E-state index contributed by atoms with van der Waals surface area (Å²) in [5.41, 5.74) is 0.990. The van der Waals surface area contributed by atoms with Crippen LogP contribution in [0, 0.1) is 5.82 Å². The highest BCUT2D eigenvalue weighted by Gasteiger charge is 2.21. The first-order valence-corrected chi connectivity index (χ1v) is 10.4. The molecule has 0 bridgehead atoms. The number of piperazine rings is 1. The zero-order valence-electron chi connectivity index (χ0n) is 18.0. The average Bonchev–Trinajstić information content (AvgIpc) is 2.77. The maximum atomic E-state index is 13.1. The Morgan fingerprint density at radius 2 is 1.77 bits per heavy atom. The number of methoxy groups -OCH3 is 1. The second-order valence-corrected chi connectivity index (χ2v) is 6.98. The fourth-order valence-electron chi connectivity index (χ4n) is 3.16. The molecule has 168 valence electrons. The van der Waals surface area contributed by atoms with Crippen LogP contribution >= 0.6 is 0 Å². The Balaban J connectivity index is 1.58. The lowest BCUT2D eigenvalue weighted by Gasteiger charge is -2.36. The van der Waals surface area contributed by atoms with Gasteiger partial charge in [0.15, 0.2) is 5.96 Å². The van der Waals surface area contributed by atoms with Gasteiger partial charge in [0.05, 0.1) is 13.2 Å². The van der Waals surface area contributed by atoms with E-state index in [0.717, 1.165) is 31.7 Å². The molecule has 1 aliphatic rings. The molecule has 1 saturated heterocycles. The molecule has 9 heteroatoms. The molecule has 30 heavy (non-hydrogen) atoms. The molecule has 2 rings (SSSR count). The predicted octanol–water partition coefficient (Wildman–Crippen LogP) is 1.08. The van der Waals surface area contributed by atoms with Gasteiger partial charge in [-0.1, -0.05) is 0 Å². The number of rotatable bonds is 11. The summed E-state index contributed by atoms with van der Waals surface area (Å²) in [7, 11) is 3.36. The van der Waals surface area contributed by atoms with Crippen molar-refractivity contribution >= 4 is 17.6 Å². The molecule has 1 heterocycles. The molecule has 1 aromatic rings. The fourth-order valence-corrected chi connectivity index (χ4v) is 3.16. The quantitative estimate of drug-likeness (QED) is 0.315. The molecule has 1 fully saturated rings. The lowest BCUT2D eigenvalue weighted by Crippen LogP contribution is -2.49. The van der Waals surface area contributed by atoms with Crippen molar-refractivity contribution in [2.24, 2.45) is 4.99 Å². The monoisotopic (exact) mass is 423 g/mol. The van der Waals surface area contributed by atoms with Gasteiger partial charge >= 0.3 is 0 Å². The summed E-state index contributed by atoms with van der Waals surface area (Å²) in [4.78, 5) is 20.7. The number of hydrogen-bond acceptors (Lipinski definition) is 5. The number of aliphatic imine (C=N–C) groups is 1. The number of carbonyl (C=O) groups excluding carboxylic acids is 1. The number of amides is 1. The third kappa shape index (κ3) is 8.54. The Morgan fingerprint density at radius 1 is 1.07 bits per heavy atom. The second-order valence-electron chi connectivity index (χ2n) is 6.98. The number of nitrogens with zero attached hydrogens (tertiary/aromatic N) is 3. The van der Waals surface area contributed by atoms with E-state index >= 15 is 0 Å². The van der Waals surface area contributed by atoms with Gasteiger partial charge in [-0.15, -0.1) is 0 Å². The van der Waals surface area contributed by atoms with Crippen molar-refractivity contribution in [2.75, 3.05) is 78.1 Å². The Kier molecular flexibility index (Phi) is 11.0. The van der Waals surface area contributed by atoms with E-state index in [-0.39, 0.29) is 11.7 Å². The number of carbonyl (C=O) groups is 1. The van der Waals surface area contributed by atoms with Gasteiger partial charge in [0.25, 0.3) is 0 Å². The maximum Gasteiger partial charge on any atom is 0.224 e. The molecule has 1 aliphatic heterocycles. The van der Waals surface area contributed by atoms with Crippen molar-refractivity contribution in [3.63, 3.8) is 0 Å². The third-order valence-electron chi connectivity index (χ3n) is 4.87. The van der Waals surface area contributed by atoms with Crippen LogP contribution < -0.4 is 15.5 Å². The van der Waals surface area contributed by atoms with Crippen molar-refractivity contribution in [1.82, 2.24) is 15.5 Å². The average molecular weight is 424 g/mol. The summed E-state index contributed by atoms with van der Waals surface area (Å²) in [6.07, 6.45) is 1.28. The van der Waals surface area contributed by atoms with E-state index in [1.165, 1.54) is 12.1 Å². The minimum Gasteiger partial charge on any atom is -0.382 e. The standard InChI is InChI=1S/C21H34FN5O3/c1-23-21(24-9-3-15-30-17-16-29-2)25-10-8-20(28)27-13-11-26(12-14-27)19-6-4-18(22)5-7-19/h4-7H,3,8-17H2,1-2H3,(H2,23,24,25). The molecule has 0 atom stereocenters. The molecule has 2 N–H and O–H groups in total. The fraction of sp³-hybridized carbons (Fsp3) is 0.619. The zero-order valence-corrected chi connectivity index (χ0v) is 18.0. The van der Waals surface area contributed by atoms with E-state index in [4.69, 9.17) is 9.47 Å². The van der Waals surface area contributed by atoms with Gasteiger partial charge in [0, 0.05) is 72.1 Å². The van der Waals surface area contributed by atoms with Crippen LogP contribution in [0.3, 0.4) is 0 Å². The van der Waals surface area contributed by atoms with Crippen LogP contribution in [0.4, 0.5) is 10.1 Å². The molecule has 8 nitrogen and oxygen atoms in total. The summed E-state index contributed by atoms with van der Waals surface area (Å²) in [5, 5.41) is 6.39. The van der Waals surface area contributed by atoms with E-state index in [0.29, 0.717) is 51.8 Å². The molecule has 0 unspecified atom stereocenters. The first kappa shape index (κ1) is 23.9. The van der Waals surface area contributed by atoms with Crippen molar-refractivity contribution in [3.05, 3.63) is 30.1 Å². The Morgan fingerprint density at radius 3 is 2.43 bits per heavy atom. The summed E-state index contributed by atoms with van der Waals surface area (Å²) >= 11 is 0. The summed E-state index contributed by atoms with van der Waals surface area (Å²) < 4.78 is 23.4. The molecule has 0 aliphatic carbocycles. The number of hydrogen-bond donors (Lipinski definition) is 2. The predicted molar refractivity (Wildman–Crippen MR) is 116 cm³/mol. The summed E-state index contributed by atoms with van der Waals surface area (Å²) in [5.74, 6) is 0.573. The van der Waals surface area contributed by atoms with Gasteiger partial charge in [-0.3, -0.25) is 9.79 Å². The minimum atomic E-state index is -0.236. The Labute approximate surface area is 178 Å². The second kappa shape index (κ2) is 13.8. The van der Waals surface area contributed by atoms with E-state index in [1.54, 1.807) is 26.3 Å². The van der Waals surface area contributed by atoms with Gasteiger partial charge in [0.2, 0.25) is 5.91 Å². The topological polar surface area (TPSA) is 78.4 Å². The highest BCUT2D eigenvalue weighted by molar-refractivity contribution is 5.81. The van der Waals surface area contributed by atoms with Gasteiger partial charge in [0.1, 0.15) is 5.82 Å². The molecule has 0 aromatic heterocycles. The zero-order chi connectivity index (χ0) is 21.6. The van der Waals surface area contributed by atoms with E-state index in [9.17, 15) is 9.18 Å². The van der Waals surface area contributed by atoms with Crippen molar-refractivity contribution in [1.29, 1.82) is 0 Å². The number of halogens is 1. The molecule has 0 radical (unpaired) electrons. The van der Waals surface area contributed by atoms with Crippen LogP contribution in [0.2, 0.25) is 0 Å². The summed E-state index contributed by atoms with van der Waals surface area (Å²) in [6, 6.07) is 6.49. The van der Waals surface area contributed by atoms with Crippen LogP contribution in [0.15, 0.2) is 29.3 Å². The minimum absolute atomic E-state index is 0.128. The van der Waals surface area contributed by atoms with Gasteiger partial charge in [-0.2, -0.15) is 0 Å². The van der Waals surface area contributed by atoms with Crippen molar-refractivity contribution in [2.45, 2.75) is 12.8 Å². The lowest BCUT2D eigenvalue weighted by atomic mass is 10.2. The number of anilines is 1. The first-order chi connectivity index (χ1) is 14.6. The van der Waals surface area contributed by atoms with E-state index < -0.39 is 0 Å². The SMILES string of the molecule is CN=C(NCCCOCCOC)NCCC(=O)N1CCN(c2ccc(F)cc2)CC1. The molecule has 0 spiro atoms. The largest absolute Gasteiger partial charge is 0.382 e. The number of benzene rings is 1. The van der Waals surface area contributed by atoms with E-state index in [1.807, 2.05) is 4.90 Å².